The number of sulfonamides is 1. The third kappa shape index (κ3) is 2.60. The fourth-order valence-electron chi connectivity index (χ4n) is 3.58. The first-order valence-corrected chi connectivity index (χ1v) is 9.97. The second-order valence-electron chi connectivity index (χ2n) is 6.87. The van der Waals surface area contributed by atoms with Crippen molar-refractivity contribution in [2.75, 3.05) is 13.1 Å². The molecule has 132 valence electrons. The molecule has 1 saturated heterocycles. The Bertz CT molecular complexity index is 1060. The van der Waals surface area contributed by atoms with E-state index in [1.165, 1.54) is 0 Å². The number of H-pyrrole nitrogens is 1. The average molecular weight is 359 g/mol. The molecule has 3 aromatic rings. The number of aryl methyl sites for hydroxylation is 1. The number of hydrogen-bond donors (Lipinski definition) is 1. The van der Waals surface area contributed by atoms with Crippen molar-refractivity contribution in [3.8, 4) is 0 Å². The molecule has 0 saturated carbocycles. The average Bonchev–Trinajstić information content (AvgIpc) is 3.23. The van der Waals surface area contributed by atoms with Crippen LogP contribution in [-0.4, -0.2) is 51.0 Å². The zero-order valence-electron chi connectivity index (χ0n) is 14.5. The monoisotopic (exact) mass is 359 g/mol. The summed E-state index contributed by atoms with van der Waals surface area (Å²) in [5, 5.41) is 1.56. The largest absolute Gasteiger partial charge is 0.347 e. The molecular weight excluding hydrogens is 338 g/mol. The summed E-state index contributed by atoms with van der Waals surface area (Å²) in [5.74, 6) is 0.909. The Kier molecular flexibility index (Phi) is 3.77. The summed E-state index contributed by atoms with van der Waals surface area (Å²) >= 11 is 0. The van der Waals surface area contributed by atoms with Crippen molar-refractivity contribution < 1.29 is 8.42 Å². The van der Waals surface area contributed by atoms with Gasteiger partial charge < -0.3 is 4.98 Å². The molecule has 7 nitrogen and oxygen atoms in total. The number of aromatic amines is 1. The Morgan fingerprint density at radius 2 is 2.12 bits per heavy atom. The van der Waals surface area contributed by atoms with E-state index in [2.05, 4.69) is 19.9 Å². The summed E-state index contributed by atoms with van der Waals surface area (Å²) in [5.41, 5.74) is 2.54. The van der Waals surface area contributed by atoms with Crippen molar-refractivity contribution in [3.63, 3.8) is 0 Å². The maximum absolute atomic E-state index is 12.5. The van der Waals surface area contributed by atoms with Crippen LogP contribution in [0, 0.1) is 6.92 Å². The highest BCUT2D eigenvalue weighted by Crippen LogP contribution is 2.35. The first-order chi connectivity index (χ1) is 11.9. The fourth-order valence-corrected chi connectivity index (χ4v) is 4.93. The van der Waals surface area contributed by atoms with Gasteiger partial charge in [-0.2, -0.15) is 0 Å². The van der Waals surface area contributed by atoms with Crippen molar-refractivity contribution in [2.45, 2.75) is 38.4 Å². The lowest BCUT2D eigenvalue weighted by Crippen LogP contribution is -2.34. The van der Waals surface area contributed by atoms with E-state index in [9.17, 15) is 8.42 Å². The molecule has 1 fully saturated rings. The quantitative estimate of drug-likeness (QED) is 0.775. The third-order valence-corrected chi connectivity index (χ3v) is 7.14. The number of pyridine rings is 1. The topological polar surface area (TPSA) is 91.8 Å². The van der Waals surface area contributed by atoms with E-state index in [0.717, 1.165) is 34.2 Å². The maximum atomic E-state index is 12.5. The van der Waals surface area contributed by atoms with Gasteiger partial charge in [0.1, 0.15) is 5.82 Å². The van der Waals surface area contributed by atoms with Crippen molar-refractivity contribution in [3.05, 3.63) is 30.0 Å². The predicted molar refractivity (Wildman–Crippen MR) is 96.9 cm³/mol. The molecule has 4 heterocycles. The maximum Gasteiger partial charge on any atom is 0.216 e. The zero-order valence-corrected chi connectivity index (χ0v) is 15.3. The van der Waals surface area contributed by atoms with Crippen molar-refractivity contribution >= 4 is 32.0 Å². The minimum absolute atomic E-state index is 0.109. The summed E-state index contributed by atoms with van der Waals surface area (Å²) in [6, 6.07) is 1.94. The normalized spacial score (nSPS) is 19.4. The van der Waals surface area contributed by atoms with E-state index in [-0.39, 0.29) is 5.92 Å². The van der Waals surface area contributed by atoms with Gasteiger partial charge in [0.15, 0.2) is 5.65 Å². The lowest BCUT2D eigenvalue weighted by atomic mass is 9.99. The smallest absolute Gasteiger partial charge is 0.216 e. The van der Waals surface area contributed by atoms with Crippen LogP contribution in [0.5, 0.6) is 0 Å². The second kappa shape index (κ2) is 5.74. The van der Waals surface area contributed by atoms with Crippen LogP contribution >= 0.6 is 0 Å². The molecule has 8 heteroatoms. The van der Waals surface area contributed by atoms with E-state index >= 15 is 0 Å². The van der Waals surface area contributed by atoms with Gasteiger partial charge in [0.25, 0.3) is 0 Å². The number of aromatic nitrogens is 4. The van der Waals surface area contributed by atoms with Gasteiger partial charge in [0, 0.05) is 41.7 Å². The minimum Gasteiger partial charge on any atom is -0.347 e. The second-order valence-corrected chi connectivity index (χ2v) is 9.36. The van der Waals surface area contributed by atoms with Crippen LogP contribution in [0.15, 0.2) is 18.5 Å². The first-order valence-electron chi connectivity index (χ1n) is 8.47. The van der Waals surface area contributed by atoms with E-state index in [1.54, 1.807) is 30.5 Å². The van der Waals surface area contributed by atoms with Gasteiger partial charge in [0.2, 0.25) is 10.0 Å². The standard InChI is InChI=1S/C17H21N5O2S/c1-10(2)25(23,24)22-7-5-12(9-22)16-15-13-4-6-18-17(13)19-8-14(15)20-11(3)21-16/h4,6,8,10,12H,5,7,9H2,1-3H3,(H,20,21). The first kappa shape index (κ1) is 16.4. The lowest BCUT2D eigenvalue weighted by molar-refractivity contribution is 0.465. The molecular formula is C17H21N5O2S. The molecule has 1 N–H and O–H groups in total. The summed E-state index contributed by atoms with van der Waals surface area (Å²) < 4.78 is 26.6. The van der Waals surface area contributed by atoms with Crippen molar-refractivity contribution in [2.24, 2.45) is 0 Å². The van der Waals surface area contributed by atoms with Crippen molar-refractivity contribution in [1.29, 1.82) is 0 Å². The van der Waals surface area contributed by atoms with Gasteiger partial charge in [-0.3, -0.25) is 0 Å². The van der Waals surface area contributed by atoms with E-state index in [0.29, 0.717) is 18.7 Å². The van der Waals surface area contributed by atoms with Crippen LogP contribution < -0.4 is 0 Å². The number of rotatable bonds is 3. The molecule has 0 aromatic carbocycles. The van der Waals surface area contributed by atoms with E-state index in [1.807, 2.05) is 13.0 Å². The third-order valence-electron chi connectivity index (χ3n) is 4.90. The molecule has 1 unspecified atom stereocenters. The zero-order chi connectivity index (χ0) is 17.8. The Labute approximate surface area is 146 Å². The summed E-state index contributed by atoms with van der Waals surface area (Å²) in [4.78, 5) is 16.6. The van der Waals surface area contributed by atoms with Gasteiger partial charge in [-0.15, -0.1) is 0 Å². The minimum atomic E-state index is -3.23. The molecule has 4 rings (SSSR count). The summed E-state index contributed by atoms with van der Waals surface area (Å²) in [7, 11) is -3.23. The molecule has 1 aliphatic rings. The highest BCUT2D eigenvalue weighted by Gasteiger charge is 2.35. The van der Waals surface area contributed by atoms with Gasteiger partial charge >= 0.3 is 0 Å². The van der Waals surface area contributed by atoms with Gasteiger partial charge in [-0.05, 0) is 33.3 Å². The summed E-state index contributed by atoms with van der Waals surface area (Å²) in [6.45, 7) is 6.41. The SMILES string of the molecule is Cc1nc2cnc3nccc3c2c(C2CCN(S(=O)(=O)C(C)C)C2)[nH]1. The van der Waals surface area contributed by atoms with Gasteiger partial charge in [-0.25, -0.2) is 27.7 Å². The predicted octanol–water partition coefficient (Wildman–Crippen LogP) is 2.34. The van der Waals surface area contributed by atoms with Crippen molar-refractivity contribution in [1.82, 2.24) is 24.2 Å². The summed E-state index contributed by atoms with van der Waals surface area (Å²) in [6.07, 6.45) is 4.27. The van der Waals surface area contributed by atoms with Crippen LogP contribution in [0.4, 0.5) is 0 Å². The number of nitrogens with one attached hydrogen (secondary N) is 1. The van der Waals surface area contributed by atoms with E-state index < -0.39 is 15.3 Å². The number of hydrogen-bond acceptors (Lipinski definition) is 5. The van der Waals surface area contributed by atoms with E-state index in [4.69, 9.17) is 0 Å². The molecule has 0 spiro atoms. The Hall–Kier alpha value is -2.06. The molecule has 1 atom stereocenters. The Balaban J connectivity index is 1.83. The molecule has 25 heavy (non-hydrogen) atoms. The van der Waals surface area contributed by atoms with Crippen LogP contribution in [0.3, 0.4) is 0 Å². The van der Waals surface area contributed by atoms with Crippen LogP contribution in [0.25, 0.3) is 21.9 Å². The Morgan fingerprint density at radius 3 is 2.88 bits per heavy atom. The fraction of sp³-hybridized carbons (Fsp3) is 0.471. The molecule has 0 aliphatic carbocycles. The van der Waals surface area contributed by atoms with Gasteiger partial charge in [-0.1, -0.05) is 0 Å². The molecule has 1 aliphatic heterocycles. The Morgan fingerprint density at radius 1 is 1.32 bits per heavy atom. The molecule has 0 radical (unpaired) electrons. The van der Waals surface area contributed by atoms with Crippen LogP contribution in [0.1, 0.15) is 37.7 Å². The van der Waals surface area contributed by atoms with Crippen LogP contribution in [0.2, 0.25) is 0 Å². The molecule has 0 bridgehead atoms. The number of fused-ring (bicyclic) bond motifs is 3. The number of nitrogens with zero attached hydrogens (tertiary/aromatic N) is 4. The van der Waals surface area contributed by atoms with Crippen LogP contribution in [-0.2, 0) is 10.0 Å². The highest BCUT2D eigenvalue weighted by atomic mass is 32.2. The molecule has 0 amide bonds. The lowest BCUT2D eigenvalue weighted by Gasteiger charge is -2.20. The highest BCUT2D eigenvalue weighted by molar-refractivity contribution is 7.89. The molecule has 3 aromatic heterocycles. The van der Waals surface area contributed by atoms with Gasteiger partial charge in [0.05, 0.1) is 17.0 Å².